The number of aliphatic hydroxyl groups is 1. The molecule has 1 unspecified atom stereocenters. The summed E-state index contributed by atoms with van der Waals surface area (Å²) in [6.45, 7) is 2.97. The zero-order valence-electron chi connectivity index (χ0n) is 9.24. The van der Waals surface area contributed by atoms with Gasteiger partial charge >= 0.3 is 0 Å². The van der Waals surface area contributed by atoms with E-state index >= 15 is 0 Å². The monoisotopic (exact) mass is 205 g/mol. The molecule has 1 aromatic carbocycles. The predicted octanol–water partition coefficient (Wildman–Crippen LogP) is 1.73. The van der Waals surface area contributed by atoms with E-state index in [2.05, 4.69) is 17.4 Å². The van der Waals surface area contributed by atoms with Crippen LogP contribution in [0.25, 0.3) is 0 Å². The molecule has 82 valence electrons. The third-order valence-corrected chi connectivity index (χ3v) is 3.22. The minimum Gasteiger partial charge on any atom is -0.388 e. The van der Waals surface area contributed by atoms with Crippen LogP contribution in [0.4, 0.5) is 0 Å². The van der Waals surface area contributed by atoms with Gasteiger partial charge in [-0.05, 0) is 31.9 Å². The van der Waals surface area contributed by atoms with Gasteiger partial charge in [0.05, 0.1) is 5.60 Å². The average Bonchev–Trinajstić information content (AvgIpc) is 2.71. The Labute approximate surface area is 91.3 Å². The van der Waals surface area contributed by atoms with E-state index in [1.807, 2.05) is 25.1 Å². The average molecular weight is 205 g/mol. The molecular weight excluding hydrogens is 186 g/mol. The topological polar surface area (TPSA) is 32.3 Å². The third kappa shape index (κ3) is 2.58. The molecule has 2 rings (SSSR count). The number of nitrogens with one attached hydrogen (secondary N) is 1. The lowest BCUT2D eigenvalue weighted by molar-refractivity contribution is 0.0262. The molecule has 2 nitrogen and oxygen atoms in total. The standard InChI is InChI=1S/C13H19NO/c1-13(15,12-8-5-9-14-12)10-11-6-3-2-4-7-11/h2-4,6-7,12,14-15H,5,8-10H2,1H3/t12-,13?/m0/s1. The SMILES string of the molecule is CC(O)(Cc1ccccc1)[C@@H]1CCCN1. The second-order valence-corrected chi connectivity index (χ2v) is 4.67. The van der Waals surface area contributed by atoms with Crippen molar-refractivity contribution in [1.82, 2.24) is 5.32 Å². The van der Waals surface area contributed by atoms with Crippen LogP contribution in [0.2, 0.25) is 0 Å². The first-order valence-electron chi connectivity index (χ1n) is 5.68. The molecule has 1 aliphatic heterocycles. The number of rotatable bonds is 3. The van der Waals surface area contributed by atoms with Crippen molar-refractivity contribution in [3.8, 4) is 0 Å². The van der Waals surface area contributed by atoms with Gasteiger partial charge in [0.15, 0.2) is 0 Å². The highest BCUT2D eigenvalue weighted by Crippen LogP contribution is 2.23. The van der Waals surface area contributed by atoms with Gasteiger partial charge in [-0.15, -0.1) is 0 Å². The van der Waals surface area contributed by atoms with Crippen molar-refractivity contribution in [1.29, 1.82) is 0 Å². The Morgan fingerprint density at radius 3 is 2.73 bits per heavy atom. The lowest BCUT2D eigenvalue weighted by Crippen LogP contribution is -2.46. The maximum Gasteiger partial charge on any atom is 0.0812 e. The predicted molar refractivity (Wildman–Crippen MR) is 61.8 cm³/mol. The van der Waals surface area contributed by atoms with Crippen LogP contribution in [-0.2, 0) is 6.42 Å². The van der Waals surface area contributed by atoms with Gasteiger partial charge in [-0.3, -0.25) is 0 Å². The fraction of sp³-hybridized carbons (Fsp3) is 0.538. The van der Waals surface area contributed by atoms with E-state index in [4.69, 9.17) is 0 Å². The molecule has 2 heteroatoms. The summed E-state index contributed by atoms with van der Waals surface area (Å²) in [6.07, 6.45) is 2.99. The van der Waals surface area contributed by atoms with E-state index in [0.717, 1.165) is 19.4 Å². The highest BCUT2D eigenvalue weighted by molar-refractivity contribution is 5.17. The Kier molecular flexibility index (Phi) is 3.08. The molecule has 0 aliphatic carbocycles. The second-order valence-electron chi connectivity index (χ2n) is 4.67. The first-order valence-corrected chi connectivity index (χ1v) is 5.68. The molecule has 1 aromatic rings. The minimum absolute atomic E-state index is 0.248. The number of hydrogen-bond acceptors (Lipinski definition) is 2. The maximum atomic E-state index is 10.4. The number of benzene rings is 1. The second kappa shape index (κ2) is 4.33. The van der Waals surface area contributed by atoms with Crippen molar-refractivity contribution in [3.05, 3.63) is 35.9 Å². The van der Waals surface area contributed by atoms with Crippen LogP contribution >= 0.6 is 0 Å². The Bertz CT molecular complexity index is 302. The van der Waals surface area contributed by atoms with Crippen molar-refractivity contribution in [2.75, 3.05) is 6.54 Å². The van der Waals surface area contributed by atoms with Crippen molar-refractivity contribution < 1.29 is 5.11 Å². The summed E-state index contributed by atoms with van der Waals surface area (Å²) in [5, 5.41) is 13.8. The molecule has 1 heterocycles. The van der Waals surface area contributed by atoms with E-state index in [9.17, 15) is 5.11 Å². The van der Waals surface area contributed by atoms with Gasteiger partial charge in [-0.2, -0.15) is 0 Å². The Morgan fingerprint density at radius 1 is 1.40 bits per heavy atom. The molecule has 2 N–H and O–H groups in total. The van der Waals surface area contributed by atoms with E-state index in [1.54, 1.807) is 0 Å². The smallest absolute Gasteiger partial charge is 0.0812 e. The molecule has 0 saturated carbocycles. The van der Waals surface area contributed by atoms with E-state index in [0.29, 0.717) is 0 Å². The molecule has 1 saturated heterocycles. The summed E-state index contributed by atoms with van der Waals surface area (Å²) in [5.41, 5.74) is 0.578. The van der Waals surface area contributed by atoms with Gasteiger partial charge < -0.3 is 10.4 Å². The Balaban J connectivity index is 2.03. The molecule has 2 atom stereocenters. The van der Waals surface area contributed by atoms with Gasteiger partial charge in [-0.25, -0.2) is 0 Å². The van der Waals surface area contributed by atoms with Crippen molar-refractivity contribution in [2.45, 2.75) is 37.8 Å². The van der Waals surface area contributed by atoms with Crippen molar-refractivity contribution >= 4 is 0 Å². The zero-order chi connectivity index (χ0) is 10.7. The van der Waals surface area contributed by atoms with Crippen LogP contribution in [0.5, 0.6) is 0 Å². The largest absolute Gasteiger partial charge is 0.388 e. The molecule has 1 fully saturated rings. The minimum atomic E-state index is -0.627. The molecular formula is C13H19NO. The summed E-state index contributed by atoms with van der Waals surface area (Å²) in [6, 6.07) is 10.4. The third-order valence-electron chi connectivity index (χ3n) is 3.22. The molecule has 1 aliphatic rings. The van der Waals surface area contributed by atoms with Crippen LogP contribution in [0, 0.1) is 0 Å². The summed E-state index contributed by atoms with van der Waals surface area (Å²) >= 11 is 0. The van der Waals surface area contributed by atoms with Gasteiger partial charge in [0.1, 0.15) is 0 Å². The van der Waals surface area contributed by atoms with E-state index < -0.39 is 5.60 Å². The highest BCUT2D eigenvalue weighted by atomic mass is 16.3. The van der Waals surface area contributed by atoms with Crippen molar-refractivity contribution in [2.24, 2.45) is 0 Å². The van der Waals surface area contributed by atoms with Crippen LogP contribution in [0.15, 0.2) is 30.3 Å². The molecule has 15 heavy (non-hydrogen) atoms. The van der Waals surface area contributed by atoms with Gasteiger partial charge in [0.2, 0.25) is 0 Å². The first-order chi connectivity index (χ1) is 7.18. The molecule has 0 bridgehead atoms. The Morgan fingerprint density at radius 2 is 2.13 bits per heavy atom. The van der Waals surface area contributed by atoms with Crippen LogP contribution in [0.1, 0.15) is 25.3 Å². The van der Waals surface area contributed by atoms with E-state index in [-0.39, 0.29) is 6.04 Å². The van der Waals surface area contributed by atoms with Crippen LogP contribution in [-0.4, -0.2) is 23.3 Å². The lowest BCUT2D eigenvalue weighted by atomic mass is 9.88. The summed E-state index contributed by atoms with van der Waals surface area (Å²) in [4.78, 5) is 0. The van der Waals surface area contributed by atoms with Gasteiger partial charge in [0, 0.05) is 12.5 Å². The number of hydrogen-bond donors (Lipinski definition) is 2. The van der Waals surface area contributed by atoms with Gasteiger partial charge in [-0.1, -0.05) is 30.3 Å². The first kappa shape index (κ1) is 10.7. The quantitative estimate of drug-likeness (QED) is 0.787. The lowest BCUT2D eigenvalue weighted by Gasteiger charge is -2.30. The molecule has 0 spiro atoms. The Hall–Kier alpha value is -0.860. The maximum absolute atomic E-state index is 10.4. The van der Waals surface area contributed by atoms with Crippen LogP contribution in [0.3, 0.4) is 0 Å². The summed E-state index contributed by atoms with van der Waals surface area (Å²) in [7, 11) is 0. The van der Waals surface area contributed by atoms with Gasteiger partial charge in [0.25, 0.3) is 0 Å². The molecule has 0 aromatic heterocycles. The zero-order valence-corrected chi connectivity index (χ0v) is 9.24. The van der Waals surface area contributed by atoms with Crippen molar-refractivity contribution in [3.63, 3.8) is 0 Å². The molecule has 0 radical (unpaired) electrons. The summed E-state index contributed by atoms with van der Waals surface area (Å²) < 4.78 is 0. The fourth-order valence-electron chi connectivity index (χ4n) is 2.35. The van der Waals surface area contributed by atoms with Crippen LogP contribution < -0.4 is 5.32 Å². The molecule has 0 amide bonds. The fourth-order valence-corrected chi connectivity index (χ4v) is 2.35. The summed E-state index contributed by atoms with van der Waals surface area (Å²) in [5.74, 6) is 0. The normalized spacial score (nSPS) is 25.1. The van der Waals surface area contributed by atoms with E-state index in [1.165, 1.54) is 12.0 Å². The highest BCUT2D eigenvalue weighted by Gasteiger charge is 2.33.